The number of benzene rings is 1. The highest BCUT2D eigenvalue weighted by atomic mass is 16.2. The molecule has 6 nitrogen and oxygen atoms in total. The molecule has 30 heavy (non-hydrogen) atoms. The zero-order valence-electron chi connectivity index (χ0n) is 18.3. The van der Waals surface area contributed by atoms with Crippen molar-refractivity contribution in [1.82, 2.24) is 19.8 Å². The summed E-state index contributed by atoms with van der Waals surface area (Å²) in [6.45, 7) is 7.83. The van der Waals surface area contributed by atoms with Gasteiger partial charge in [0.25, 0.3) is 5.91 Å². The van der Waals surface area contributed by atoms with Crippen molar-refractivity contribution in [2.75, 3.05) is 19.6 Å². The molecule has 0 N–H and O–H groups in total. The van der Waals surface area contributed by atoms with Crippen LogP contribution < -0.4 is 0 Å². The van der Waals surface area contributed by atoms with Crippen molar-refractivity contribution in [1.29, 1.82) is 0 Å². The molecule has 2 heterocycles. The molecule has 2 aromatic rings. The maximum Gasteiger partial charge on any atom is 0.257 e. The van der Waals surface area contributed by atoms with Gasteiger partial charge in [0.15, 0.2) is 5.82 Å². The van der Waals surface area contributed by atoms with Crippen LogP contribution in [0, 0.1) is 6.92 Å². The number of nitrogens with zero attached hydrogens (tertiary/aromatic N) is 4. The van der Waals surface area contributed by atoms with Gasteiger partial charge in [0, 0.05) is 32.3 Å². The van der Waals surface area contributed by atoms with Crippen LogP contribution in [0.5, 0.6) is 0 Å². The number of hydrogen-bond donors (Lipinski definition) is 0. The SMILES string of the molecule is CCN(CC)C(=O)c1cnc([C@@H]2CCCCN2C(=O)CCc2ccccc2)nc1C. The summed E-state index contributed by atoms with van der Waals surface area (Å²) in [5, 5.41) is 0. The van der Waals surface area contributed by atoms with E-state index in [4.69, 9.17) is 0 Å². The Hall–Kier alpha value is -2.76. The molecule has 1 atom stereocenters. The van der Waals surface area contributed by atoms with E-state index in [1.54, 1.807) is 11.1 Å². The number of amides is 2. The van der Waals surface area contributed by atoms with Crippen LogP contribution in [-0.2, 0) is 11.2 Å². The summed E-state index contributed by atoms with van der Waals surface area (Å²) < 4.78 is 0. The lowest BCUT2D eigenvalue weighted by Gasteiger charge is -2.35. The fourth-order valence-corrected chi connectivity index (χ4v) is 4.07. The fourth-order valence-electron chi connectivity index (χ4n) is 4.07. The van der Waals surface area contributed by atoms with E-state index in [0.29, 0.717) is 36.6 Å². The van der Waals surface area contributed by atoms with Gasteiger partial charge in [-0.15, -0.1) is 0 Å². The molecule has 0 bridgehead atoms. The molecule has 3 rings (SSSR count). The van der Waals surface area contributed by atoms with Crippen LogP contribution in [0.2, 0.25) is 0 Å². The average Bonchev–Trinajstić information content (AvgIpc) is 2.78. The van der Waals surface area contributed by atoms with Crippen LogP contribution in [0.1, 0.15) is 73.0 Å². The summed E-state index contributed by atoms with van der Waals surface area (Å²) in [4.78, 5) is 38.6. The first-order valence-corrected chi connectivity index (χ1v) is 11.0. The van der Waals surface area contributed by atoms with Crippen molar-refractivity contribution in [3.63, 3.8) is 0 Å². The summed E-state index contributed by atoms with van der Waals surface area (Å²) in [7, 11) is 0. The van der Waals surface area contributed by atoms with Crippen LogP contribution in [0.4, 0.5) is 0 Å². The van der Waals surface area contributed by atoms with Crippen LogP contribution in [0.15, 0.2) is 36.5 Å². The van der Waals surface area contributed by atoms with Gasteiger partial charge < -0.3 is 9.80 Å². The molecule has 2 amide bonds. The minimum absolute atomic E-state index is 0.0384. The quantitative estimate of drug-likeness (QED) is 0.696. The van der Waals surface area contributed by atoms with E-state index in [1.165, 1.54) is 5.56 Å². The highest BCUT2D eigenvalue weighted by Gasteiger charge is 2.30. The summed E-state index contributed by atoms with van der Waals surface area (Å²) in [6, 6.07) is 9.99. The third kappa shape index (κ3) is 5.04. The van der Waals surface area contributed by atoms with E-state index < -0.39 is 0 Å². The van der Waals surface area contributed by atoms with Crippen LogP contribution in [-0.4, -0.2) is 51.2 Å². The van der Waals surface area contributed by atoms with Gasteiger partial charge in [0.1, 0.15) is 0 Å². The summed E-state index contributed by atoms with van der Waals surface area (Å²) >= 11 is 0. The monoisotopic (exact) mass is 408 g/mol. The van der Waals surface area contributed by atoms with Crippen molar-refractivity contribution < 1.29 is 9.59 Å². The maximum absolute atomic E-state index is 13.0. The number of aromatic nitrogens is 2. The Morgan fingerprint density at radius 2 is 1.87 bits per heavy atom. The molecule has 1 saturated heterocycles. The maximum atomic E-state index is 13.0. The fraction of sp³-hybridized carbons (Fsp3) is 0.500. The van der Waals surface area contributed by atoms with E-state index in [0.717, 1.165) is 32.2 Å². The second-order valence-electron chi connectivity index (χ2n) is 7.79. The van der Waals surface area contributed by atoms with Crippen molar-refractivity contribution in [2.45, 2.75) is 58.9 Å². The largest absolute Gasteiger partial charge is 0.339 e. The number of likely N-dealkylation sites (tertiary alicyclic amines) is 1. The van der Waals surface area contributed by atoms with Gasteiger partial charge in [-0.05, 0) is 52.0 Å². The van der Waals surface area contributed by atoms with E-state index >= 15 is 0 Å². The molecular weight excluding hydrogens is 376 g/mol. The number of piperidine rings is 1. The Labute approximate surface area is 179 Å². The molecule has 0 spiro atoms. The number of carbonyl (C=O) groups is 2. The molecule has 1 aliphatic rings. The topological polar surface area (TPSA) is 66.4 Å². The van der Waals surface area contributed by atoms with Crippen LogP contribution in [0.25, 0.3) is 0 Å². The minimum Gasteiger partial charge on any atom is -0.339 e. The molecule has 1 aromatic heterocycles. The Morgan fingerprint density at radius 3 is 2.53 bits per heavy atom. The lowest BCUT2D eigenvalue weighted by molar-refractivity contribution is -0.135. The Kier molecular flexibility index (Phi) is 7.55. The number of aryl methyl sites for hydroxylation is 2. The van der Waals surface area contributed by atoms with Crippen molar-refractivity contribution >= 4 is 11.8 Å². The lowest BCUT2D eigenvalue weighted by Crippen LogP contribution is -2.39. The van der Waals surface area contributed by atoms with E-state index in [9.17, 15) is 9.59 Å². The van der Waals surface area contributed by atoms with Gasteiger partial charge in [-0.25, -0.2) is 9.97 Å². The van der Waals surface area contributed by atoms with Crippen molar-refractivity contribution in [3.05, 3.63) is 59.2 Å². The smallest absolute Gasteiger partial charge is 0.257 e. The second-order valence-corrected chi connectivity index (χ2v) is 7.79. The van der Waals surface area contributed by atoms with Gasteiger partial charge >= 0.3 is 0 Å². The first-order chi connectivity index (χ1) is 14.5. The van der Waals surface area contributed by atoms with Gasteiger partial charge in [0.2, 0.25) is 5.91 Å². The van der Waals surface area contributed by atoms with E-state index in [-0.39, 0.29) is 17.9 Å². The number of hydrogen-bond acceptors (Lipinski definition) is 4. The molecule has 1 aliphatic heterocycles. The van der Waals surface area contributed by atoms with Crippen molar-refractivity contribution in [3.8, 4) is 0 Å². The molecule has 1 fully saturated rings. The Morgan fingerprint density at radius 1 is 1.13 bits per heavy atom. The Balaban J connectivity index is 1.74. The standard InChI is InChI=1S/C24H32N4O2/c1-4-27(5-2)24(30)20-17-25-23(26-18(20)3)21-13-9-10-16-28(21)22(29)15-14-19-11-7-6-8-12-19/h6-8,11-12,17,21H,4-5,9-10,13-16H2,1-3H3/t21-/m0/s1. The Bertz CT molecular complexity index is 865. The average molecular weight is 409 g/mol. The second kappa shape index (κ2) is 10.3. The summed E-state index contributed by atoms with van der Waals surface area (Å²) in [6.07, 6.45) is 5.78. The lowest BCUT2D eigenvalue weighted by atomic mass is 9.99. The first kappa shape index (κ1) is 21.9. The molecular formula is C24H32N4O2. The third-order valence-electron chi connectivity index (χ3n) is 5.87. The minimum atomic E-state index is -0.113. The van der Waals surface area contributed by atoms with Gasteiger partial charge in [-0.2, -0.15) is 0 Å². The van der Waals surface area contributed by atoms with Gasteiger partial charge in [-0.1, -0.05) is 30.3 Å². The molecule has 0 aliphatic carbocycles. The third-order valence-corrected chi connectivity index (χ3v) is 5.87. The predicted molar refractivity (Wildman–Crippen MR) is 117 cm³/mol. The zero-order valence-corrected chi connectivity index (χ0v) is 18.3. The van der Waals surface area contributed by atoms with Crippen molar-refractivity contribution in [2.24, 2.45) is 0 Å². The van der Waals surface area contributed by atoms with Crippen LogP contribution >= 0.6 is 0 Å². The first-order valence-electron chi connectivity index (χ1n) is 11.0. The summed E-state index contributed by atoms with van der Waals surface area (Å²) in [5.74, 6) is 0.757. The molecule has 0 radical (unpaired) electrons. The molecule has 6 heteroatoms. The molecule has 1 aromatic carbocycles. The molecule has 0 saturated carbocycles. The summed E-state index contributed by atoms with van der Waals surface area (Å²) in [5.41, 5.74) is 2.39. The number of rotatable bonds is 7. The normalized spacial score (nSPS) is 16.4. The van der Waals surface area contributed by atoms with Crippen LogP contribution in [0.3, 0.4) is 0 Å². The zero-order chi connectivity index (χ0) is 21.5. The van der Waals surface area contributed by atoms with Gasteiger partial charge in [0.05, 0.1) is 17.3 Å². The number of carbonyl (C=O) groups excluding carboxylic acids is 2. The molecule has 0 unspecified atom stereocenters. The molecule has 160 valence electrons. The van der Waals surface area contributed by atoms with E-state index in [1.807, 2.05) is 43.9 Å². The highest BCUT2D eigenvalue weighted by molar-refractivity contribution is 5.94. The predicted octanol–water partition coefficient (Wildman–Crippen LogP) is 3.95. The van der Waals surface area contributed by atoms with Gasteiger partial charge in [-0.3, -0.25) is 9.59 Å². The highest BCUT2D eigenvalue weighted by Crippen LogP contribution is 2.30. The van der Waals surface area contributed by atoms with E-state index in [2.05, 4.69) is 22.1 Å².